The molecule has 166 valence electrons. The maximum atomic E-state index is 12.9. The van der Waals surface area contributed by atoms with Crippen molar-refractivity contribution in [1.29, 1.82) is 0 Å². The van der Waals surface area contributed by atoms with Gasteiger partial charge in [-0.2, -0.15) is 0 Å². The number of nitrogens with one attached hydrogen (secondary N) is 1. The summed E-state index contributed by atoms with van der Waals surface area (Å²) >= 11 is 0. The van der Waals surface area contributed by atoms with Gasteiger partial charge in [-0.3, -0.25) is 14.6 Å². The molecule has 6 nitrogen and oxygen atoms in total. The van der Waals surface area contributed by atoms with E-state index in [1.54, 1.807) is 7.11 Å². The Bertz CT molecular complexity index is 699. The number of benzene rings is 1. The Balaban J connectivity index is 1.36. The van der Waals surface area contributed by atoms with E-state index < -0.39 is 0 Å². The monoisotopic (exact) mass is 415 g/mol. The average Bonchev–Trinajstić information content (AvgIpc) is 3.27. The van der Waals surface area contributed by atoms with Crippen molar-refractivity contribution >= 4 is 5.91 Å². The second kappa shape index (κ2) is 10.1. The van der Waals surface area contributed by atoms with Crippen molar-refractivity contribution in [2.75, 3.05) is 53.0 Å². The second-order valence-electron chi connectivity index (χ2n) is 9.07. The van der Waals surface area contributed by atoms with E-state index in [1.807, 2.05) is 12.1 Å². The number of likely N-dealkylation sites (tertiary alicyclic amines) is 1. The highest BCUT2D eigenvalue weighted by atomic mass is 16.5. The summed E-state index contributed by atoms with van der Waals surface area (Å²) < 4.78 is 11.0. The minimum Gasteiger partial charge on any atom is -0.497 e. The fourth-order valence-electron chi connectivity index (χ4n) is 5.60. The SMILES string of the molecule is COc1cccc(C2CCCN2CC(=O)NCC2(N3CCOCC3)CCCCC2)c1. The van der Waals surface area contributed by atoms with Gasteiger partial charge >= 0.3 is 0 Å². The molecule has 1 N–H and O–H groups in total. The lowest BCUT2D eigenvalue weighted by Gasteiger charge is -2.48. The van der Waals surface area contributed by atoms with Gasteiger partial charge in [-0.15, -0.1) is 0 Å². The molecule has 0 radical (unpaired) electrons. The molecule has 1 aromatic rings. The summed E-state index contributed by atoms with van der Waals surface area (Å²) in [4.78, 5) is 17.9. The molecule has 2 heterocycles. The summed E-state index contributed by atoms with van der Waals surface area (Å²) in [5.74, 6) is 1.04. The van der Waals surface area contributed by atoms with Crippen LogP contribution >= 0.6 is 0 Å². The summed E-state index contributed by atoms with van der Waals surface area (Å²) in [6.45, 7) is 5.81. The van der Waals surface area contributed by atoms with Crippen LogP contribution in [0, 0.1) is 0 Å². The number of ether oxygens (including phenoxy) is 2. The average molecular weight is 416 g/mol. The van der Waals surface area contributed by atoms with Crippen molar-refractivity contribution in [2.24, 2.45) is 0 Å². The summed E-state index contributed by atoms with van der Waals surface area (Å²) in [5.41, 5.74) is 1.37. The first-order chi connectivity index (χ1) is 14.7. The summed E-state index contributed by atoms with van der Waals surface area (Å²) in [7, 11) is 1.70. The third-order valence-electron chi connectivity index (χ3n) is 7.27. The van der Waals surface area contributed by atoms with Crippen molar-refractivity contribution in [3.8, 4) is 5.75 Å². The molecule has 4 rings (SSSR count). The first-order valence-electron chi connectivity index (χ1n) is 11.7. The van der Waals surface area contributed by atoms with E-state index in [2.05, 4.69) is 27.2 Å². The van der Waals surface area contributed by atoms with E-state index in [4.69, 9.17) is 9.47 Å². The maximum absolute atomic E-state index is 12.9. The van der Waals surface area contributed by atoms with Gasteiger partial charge in [-0.05, 0) is 49.9 Å². The minimum absolute atomic E-state index is 0.120. The third-order valence-corrected chi connectivity index (χ3v) is 7.27. The number of carbonyl (C=O) groups excluding carboxylic acids is 1. The number of morpholine rings is 1. The van der Waals surface area contributed by atoms with Crippen LogP contribution in [0.5, 0.6) is 5.75 Å². The fraction of sp³-hybridized carbons (Fsp3) is 0.708. The molecule has 2 saturated heterocycles. The Labute approximate surface area is 180 Å². The fourth-order valence-corrected chi connectivity index (χ4v) is 5.60. The van der Waals surface area contributed by atoms with Crippen molar-refractivity contribution in [2.45, 2.75) is 56.5 Å². The molecule has 1 aliphatic carbocycles. The Kier molecular flexibility index (Phi) is 7.28. The summed E-state index contributed by atoms with van der Waals surface area (Å²) in [6.07, 6.45) is 8.43. The number of rotatable bonds is 7. The molecular weight excluding hydrogens is 378 g/mol. The predicted octanol–water partition coefficient (Wildman–Crippen LogP) is 2.98. The first kappa shape index (κ1) is 21.6. The lowest BCUT2D eigenvalue weighted by Crippen LogP contribution is -2.60. The van der Waals surface area contributed by atoms with E-state index in [9.17, 15) is 4.79 Å². The normalized spacial score (nSPS) is 25.2. The van der Waals surface area contributed by atoms with E-state index in [-0.39, 0.29) is 11.4 Å². The molecule has 0 spiro atoms. The van der Waals surface area contributed by atoms with Crippen LogP contribution < -0.4 is 10.1 Å². The van der Waals surface area contributed by atoms with Crippen molar-refractivity contribution in [1.82, 2.24) is 15.1 Å². The van der Waals surface area contributed by atoms with Crippen LogP contribution in [0.2, 0.25) is 0 Å². The molecular formula is C24H37N3O3. The van der Waals surface area contributed by atoms with Gasteiger partial charge in [0.1, 0.15) is 5.75 Å². The largest absolute Gasteiger partial charge is 0.497 e. The van der Waals surface area contributed by atoms with Crippen molar-refractivity contribution < 1.29 is 14.3 Å². The quantitative estimate of drug-likeness (QED) is 0.742. The molecule has 1 aromatic carbocycles. The van der Waals surface area contributed by atoms with Gasteiger partial charge in [0.05, 0.1) is 26.9 Å². The van der Waals surface area contributed by atoms with Gasteiger partial charge in [0.15, 0.2) is 0 Å². The summed E-state index contributed by atoms with van der Waals surface area (Å²) in [5, 5.41) is 3.32. The number of hydrogen-bond donors (Lipinski definition) is 1. The van der Waals surface area contributed by atoms with Crippen LogP contribution in [-0.2, 0) is 9.53 Å². The molecule has 1 unspecified atom stereocenters. The zero-order chi connectivity index (χ0) is 20.8. The third kappa shape index (κ3) is 4.98. The van der Waals surface area contributed by atoms with Crippen LogP contribution in [0.4, 0.5) is 0 Å². The molecule has 2 aliphatic heterocycles. The van der Waals surface area contributed by atoms with E-state index in [1.165, 1.54) is 37.7 Å². The lowest BCUT2D eigenvalue weighted by molar-refractivity contribution is -0.123. The van der Waals surface area contributed by atoms with Crippen LogP contribution in [0.15, 0.2) is 24.3 Å². The standard InChI is InChI=1S/C24H37N3O3/c1-29-21-8-5-7-20(17-21)22-9-6-12-26(22)18-23(28)25-19-24(10-3-2-4-11-24)27-13-15-30-16-14-27/h5,7-8,17,22H,2-4,6,9-16,18-19H2,1H3,(H,25,28). The van der Waals surface area contributed by atoms with Crippen molar-refractivity contribution in [3.05, 3.63) is 29.8 Å². The van der Waals surface area contributed by atoms with Crippen LogP contribution in [0.3, 0.4) is 0 Å². The zero-order valence-corrected chi connectivity index (χ0v) is 18.4. The predicted molar refractivity (Wildman–Crippen MR) is 118 cm³/mol. The van der Waals surface area contributed by atoms with Gasteiger partial charge in [-0.1, -0.05) is 31.4 Å². The number of carbonyl (C=O) groups is 1. The lowest BCUT2D eigenvalue weighted by atomic mass is 9.79. The van der Waals surface area contributed by atoms with Gasteiger partial charge in [0.2, 0.25) is 5.91 Å². The molecule has 6 heteroatoms. The number of methoxy groups -OCH3 is 1. The molecule has 0 bridgehead atoms. The van der Waals surface area contributed by atoms with Crippen LogP contribution in [0.1, 0.15) is 56.6 Å². The maximum Gasteiger partial charge on any atom is 0.234 e. The Morgan fingerprint density at radius 2 is 1.97 bits per heavy atom. The van der Waals surface area contributed by atoms with Gasteiger partial charge in [0.25, 0.3) is 0 Å². The highest BCUT2D eigenvalue weighted by Gasteiger charge is 2.39. The molecule has 1 atom stereocenters. The first-order valence-corrected chi connectivity index (χ1v) is 11.7. The molecule has 30 heavy (non-hydrogen) atoms. The zero-order valence-electron chi connectivity index (χ0n) is 18.4. The highest BCUT2D eigenvalue weighted by Crippen LogP contribution is 2.35. The van der Waals surface area contributed by atoms with Crippen molar-refractivity contribution in [3.63, 3.8) is 0 Å². The number of nitrogens with zero attached hydrogens (tertiary/aromatic N) is 2. The van der Waals surface area contributed by atoms with E-state index in [0.717, 1.165) is 58.0 Å². The second-order valence-corrected chi connectivity index (χ2v) is 9.07. The number of amides is 1. The Hall–Kier alpha value is -1.63. The van der Waals surface area contributed by atoms with E-state index in [0.29, 0.717) is 12.6 Å². The topological polar surface area (TPSA) is 54.0 Å². The van der Waals surface area contributed by atoms with Gasteiger partial charge in [0, 0.05) is 31.2 Å². The molecule has 3 aliphatic rings. The Morgan fingerprint density at radius 3 is 2.73 bits per heavy atom. The van der Waals surface area contributed by atoms with Crippen LogP contribution in [0.25, 0.3) is 0 Å². The highest BCUT2D eigenvalue weighted by molar-refractivity contribution is 5.78. The molecule has 3 fully saturated rings. The summed E-state index contributed by atoms with van der Waals surface area (Å²) in [6, 6.07) is 8.58. The smallest absolute Gasteiger partial charge is 0.234 e. The van der Waals surface area contributed by atoms with Gasteiger partial charge < -0.3 is 14.8 Å². The number of hydrogen-bond acceptors (Lipinski definition) is 5. The van der Waals surface area contributed by atoms with E-state index >= 15 is 0 Å². The molecule has 1 saturated carbocycles. The molecule has 0 aromatic heterocycles. The van der Waals surface area contributed by atoms with Crippen LogP contribution in [-0.4, -0.2) is 74.3 Å². The minimum atomic E-state index is 0.120. The van der Waals surface area contributed by atoms with Gasteiger partial charge in [-0.25, -0.2) is 0 Å². The Morgan fingerprint density at radius 1 is 1.17 bits per heavy atom. The molecule has 1 amide bonds.